The molecule has 2 saturated carbocycles. The number of carbonyl (C=O) groups is 2. The van der Waals surface area contributed by atoms with E-state index in [2.05, 4.69) is 4.85 Å². The molecule has 2 aliphatic rings. The molecule has 0 bridgehead atoms. The average Bonchev–Trinajstić information content (AvgIpc) is 2.63. The zero-order valence-corrected chi connectivity index (χ0v) is 15.0. The average molecular weight is 333 g/mol. The second kappa shape index (κ2) is 9.81. The molecule has 4 heteroatoms. The van der Waals surface area contributed by atoms with Crippen molar-refractivity contribution in [3.63, 3.8) is 0 Å². The van der Waals surface area contributed by atoms with E-state index in [4.69, 9.17) is 11.3 Å². The van der Waals surface area contributed by atoms with Gasteiger partial charge in [0.2, 0.25) is 0 Å². The summed E-state index contributed by atoms with van der Waals surface area (Å²) in [6, 6.07) is -0.805. The summed E-state index contributed by atoms with van der Waals surface area (Å²) in [6.45, 7) is 9.58. The smallest absolute Gasteiger partial charge is 0.390 e. The van der Waals surface area contributed by atoms with Crippen LogP contribution in [0, 0.1) is 24.3 Å². The SMILES string of the molecule is [C-]#[N+]C(C(=O)OCC)C(CC(=O)C1CCCCC1)C1CCCCC1. The number of rotatable bonds is 7. The number of esters is 1. The largest absolute Gasteiger partial charge is 0.460 e. The fourth-order valence-electron chi connectivity index (χ4n) is 4.47. The molecule has 4 nitrogen and oxygen atoms in total. The van der Waals surface area contributed by atoms with Gasteiger partial charge >= 0.3 is 12.0 Å². The van der Waals surface area contributed by atoms with Crippen LogP contribution in [0.1, 0.15) is 77.6 Å². The number of nitrogens with zero attached hydrogens (tertiary/aromatic N) is 1. The van der Waals surface area contributed by atoms with Crippen molar-refractivity contribution >= 4 is 11.8 Å². The predicted molar refractivity (Wildman–Crippen MR) is 93.3 cm³/mol. The van der Waals surface area contributed by atoms with Crippen molar-refractivity contribution in [1.82, 2.24) is 0 Å². The topological polar surface area (TPSA) is 47.7 Å². The standard InChI is InChI=1S/C20H31NO3/c1-3-24-20(23)19(21-2)17(15-10-6-4-7-11-15)14-18(22)16-12-8-5-9-13-16/h15-17,19H,3-14H2,1H3. The van der Waals surface area contributed by atoms with Gasteiger partial charge in [-0.15, -0.1) is 0 Å². The molecular formula is C20H31NO3. The van der Waals surface area contributed by atoms with Crippen LogP contribution in [-0.4, -0.2) is 24.4 Å². The molecule has 0 spiro atoms. The van der Waals surface area contributed by atoms with E-state index < -0.39 is 12.0 Å². The van der Waals surface area contributed by atoms with E-state index in [0.717, 1.165) is 51.4 Å². The van der Waals surface area contributed by atoms with E-state index in [9.17, 15) is 9.59 Å². The maximum atomic E-state index is 12.8. The highest BCUT2D eigenvalue weighted by Crippen LogP contribution is 2.37. The summed E-state index contributed by atoms with van der Waals surface area (Å²) in [5, 5.41) is 0. The summed E-state index contributed by atoms with van der Waals surface area (Å²) < 4.78 is 5.13. The Bertz CT molecular complexity index is 456. The molecule has 0 saturated heterocycles. The first-order valence-electron chi connectivity index (χ1n) is 9.73. The van der Waals surface area contributed by atoms with Gasteiger partial charge in [-0.05, 0) is 38.5 Å². The van der Waals surface area contributed by atoms with Crippen LogP contribution < -0.4 is 0 Å². The maximum absolute atomic E-state index is 12.8. The van der Waals surface area contributed by atoms with Gasteiger partial charge in [0.05, 0.1) is 12.5 Å². The van der Waals surface area contributed by atoms with Crippen LogP contribution in [0.15, 0.2) is 0 Å². The number of ether oxygens (including phenoxy) is 1. The zero-order chi connectivity index (χ0) is 17.4. The van der Waals surface area contributed by atoms with Crippen LogP contribution in [0.25, 0.3) is 4.85 Å². The lowest BCUT2D eigenvalue weighted by Gasteiger charge is -2.31. The second-order valence-electron chi connectivity index (χ2n) is 7.39. The highest BCUT2D eigenvalue weighted by Gasteiger charge is 2.42. The van der Waals surface area contributed by atoms with Crippen molar-refractivity contribution in [2.75, 3.05) is 6.61 Å². The second-order valence-corrected chi connectivity index (χ2v) is 7.39. The molecular weight excluding hydrogens is 302 g/mol. The minimum atomic E-state index is -0.805. The van der Waals surface area contributed by atoms with Gasteiger partial charge in [-0.2, -0.15) is 0 Å². The lowest BCUT2D eigenvalue weighted by molar-refractivity contribution is -0.145. The van der Waals surface area contributed by atoms with Crippen molar-refractivity contribution in [1.29, 1.82) is 0 Å². The summed E-state index contributed by atoms with van der Waals surface area (Å²) >= 11 is 0. The Morgan fingerprint density at radius 1 is 1.04 bits per heavy atom. The molecule has 0 aliphatic heterocycles. The first-order valence-corrected chi connectivity index (χ1v) is 9.73. The minimum absolute atomic E-state index is 0.151. The zero-order valence-electron chi connectivity index (χ0n) is 15.0. The fraction of sp³-hybridized carbons (Fsp3) is 0.850. The Morgan fingerprint density at radius 3 is 2.17 bits per heavy atom. The highest BCUT2D eigenvalue weighted by atomic mass is 16.5. The van der Waals surface area contributed by atoms with Crippen LogP contribution in [0.3, 0.4) is 0 Å². The number of hydrogen-bond acceptors (Lipinski definition) is 3. The number of hydrogen-bond donors (Lipinski definition) is 0. The summed E-state index contributed by atoms with van der Waals surface area (Å²) in [7, 11) is 0. The number of ketones is 1. The quantitative estimate of drug-likeness (QED) is 0.506. The first kappa shape index (κ1) is 19.0. The molecule has 2 unspecified atom stereocenters. The molecule has 0 radical (unpaired) electrons. The highest BCUT2D eigenvalue weighted by molar-refractivity contribution is 5.84. The summed E-state index contributed by atoms with van der Waals surface area (Å²) in [4.78, 5) is 28.7. The molecule has 0 aromatic heterocycles. The molecule has 24 heavy (non-hydrogen) atoms. The molecule has 0 aromatic rings. The van der Waals surface area contributed by atoms with E-state index in [1.165, 1.54) is 12.8 Å². The Kier molecular flexibility index (Phi) is 7.75. The molecule has 2 rings (SSSR count). The van der Waals surface area contributed by atoms with Crippen molar-refractivity contribution < 1.29 is 14.3 Å². The van der Waals surface area contributed by atoms with Crippen LogP contribution in [-0.2, 0) is 14.3 Å². The molecule has 2 aliphatic carbocycles. The minimum Gasteiger partial charge on any atom is -0.460 e. The van der Waals surface area contributed by atoms with Gasteiger partial charge < -0.3 is 9.58 Å². The van der Waals surface area contributed by atoms with E-state index in [1.807, 2.05) is 0 Å². The van der Waals surface area contributed by atoms with Gasteiger partial charge in [-0.3, -0.25) is 4.79 Å². The van der Waals surface area contributed by atoms with Gasteiger partial charge in [-0.25, -0.2) is 11.4 Å². The lowest BCUT2D eigenvalue weighted by atomic mass is 9.72. The van der Waals surface area contributed by atoms with Gasteiger partial charge in [-0.1, -0.05) is 38.5 Å². The molecule has 0 N–H and O–H groups in total. The van der Waals surface area contributed by atoms with Crippen LogP contribution >= 0.6 is 0 Å². The third-order valence-electron chi connectivity index (χ3n) is 5.83. The maximum Gasteiger partial charge on any atom is 0.390 e. The Hall–Kier alpha value is -1.37. The van der Waals surface area contributed by atoms with Crippen LogP contribution in [0.2, 0.25) is 0 Å². The third-order valence-corrected chi connectivity index (χ3v) is 5.83. The monoisotopic (exact) mass is 333 g/mol. The van der Waals surface area contributed by atoms with Gasteiger partial charge in [0.25, 0.3) is 0 Å². The Balaban J connectivity index is 2.10. The Morgan fingerprint density at radius 2 is 1.62 bits per heavy atom. The van der Waals surface area contributed by atoms with Crippen molar-refractivity contribution in [3.8, 4) is 0 Å². The van der Waals surface area contributed by atoms with Gasteiger partial charge in [0.15, 0.2) is 0 Å². The molecule has 2 atom stereocenters. The molecule has 0 amide bonds. The molecule has 134 valence electrons. The predicted octanol–water partition coefficient (Wildman–Crippen LogP) is 4.57. The van der Waals surface area contributed by atoms with E-state index in [1.54, 1.807) is 6.92 Å². The van der Waals surface area contributed by atoms with E-state index in [0.29, 0.717) is 18.9 Å². The van der Waals surface area contributed by atoms with Crippen LogP contribution in [0.4, 0.5) is 0 Å². The van der Waals surface area contributed by atoms with Gasteiger partial charge in [0, 0.05) is 12.3 Å². The summed E-state index contributed by atoms with van der Waals surface area (Å²) in [6.07, 6.45) is 11.4. The first-order chi connectivity index (χ1) is 11.7. The summed E-state index contributed by atoms with van der Waals surface area (Å²) in [5.41, 5.74) is 0. The Labute approximate surface area is 146 Å². The summed E-state index contributed by atoms with van der Waals surface area (Å²) in [5.74, 6) is 0.159. The normalized spacial score (nSPS) is 22.3. The van der Waals surface area contributed by atoms with Crippen molar-refractivity contribution in [3.05, 3.63) is 11.4 Å². The fourth-order valence-corrected chi connectivity index (χ4v) is 4.47. The molecule has 0 heterocycles. The number of carbonyl (C=O) groups excluding carboxylic acids is 2. The van der Waals surface area contributed by atoms with E-state index in [-0.39, 0.29) is 17.6 Å². The lowest BCUT2D eigenvalue weighted by Crippen LogP contribution is -2.37. The molecule has 0 aromatic carbocycles. The van der Waals surface area contributed by atoms with Crippen LogP contribution in [0.5, 0.6) is 0 Å². The number of Topliss-reactive ketones (excluding diaryl/α,β-unsaturated/α-hetero) is 1. The van der Waals surface area contributed by atoms with E-state index >= 15 is 0 Å². The molecule has 2 fully saturated rings. The third kappa shape index (κ3) is 5.06. The van der Waals surface area contributed by atoms with Gasteiger partial charge in [0.1, 0.15) is 5.78 Å². The van der Waals surface area contributed by atoms with Crippen molar-refractivity contribution in [2.24, 2.45) is 17.8 Å². The van der Waals surface area contributed by atoms with Crippen molar-refractivity contribution in [2.45, 2.75) is 83.6 Å².